The van der Waals surface area contributed by atoms with Crippen LogP contribution in [0.3, 0.4) is 0 Å². The topological polar surface area (TPSA) is 96.2 Å². The molecule has 0 spiro atoms. The van der Waals surface area contributed by atoms with Crippen molar-refractivity contribution in [1.29, 1.82) is 0 Å². The van der Waals surface area contributed by atoms with Gasteiger partial charge in [0.25, 0.3) is 0 Å². The number of anilines is 2. The summed E-state index contributed by atoms with van der Waals surface area (Å²) in [6, 6.07) is 7.83. The minimum absolute atomic E-state index is 0.0189. The SMILES string of the molecule is CCC(/N=C1/CC(Nc2ccc(N)cc2)NN(NC(CC)N(CC)CC)N1)N(CC)CC. The van der Waals surface area contributed by atoms with Crippen molar-refractivity contribution < 1.29 is 0 Å². The van der Waals surface area contributed by atoms with E-state index in [4.69, 9.17) is 10.7 Å². The molecule has 1 fully saturated rings. The van der Waals surface area contributed by atoms with Crippen molar-refractivity contribution in [3.05, 3.63) is 24.3 Å². The Balaban J connectivity index is 2.22. The van der Waals surface area contributed by atoms with Gasteiger partial charge in [-0.1, -0.05) is 46.8 Å². The minimum atomic E-state index is -0.0189. The maximum Gasteiger partial charge on any atom is 0.118 e. The molecule has 0 amide bonds. The zero-order chi connectivity index (χ0) is 23.5. The maximum atomic E-state index is 5.85. The molecule has 1 aromatic carbocycles. The van der Waals surface area contributed by atoms with Crippen LogP contribution in [0.1, 0.15) is 60.8 Å². The van der Waals surface area contributed by atoms with Gasteiger partial charge in [0.05, 0.1) is 6.17 Å². The lowest BCUT2D eigenvalue weighted by molar-refractivity contribution is -0.0119. The van der Waals surface area contributed by atoms with Crippen molar-refractivity contribution in [3.8, 4) is 0 Å². The van der Waals surface area contributed by atoms with Gasteiger partial charge in [0, 0.05) is 17.8 Å². The zero-order valence-electron chi connectivity index (χ0n) is 20.9. The Labute approximate surface area is 194 Å². The smallest absolute Gasteiger partial charge is 0.118 e. The summed E-state index contributed by atoms with van der Waals surface area (Å²) in [4.78, 5) is 9.90. The summed E-state index contributed by atoms with van der Waals surface area (Å²) in [5.41, 5.74) is 18.2. The number of benzene rings is 1. The highest BCUT2D eigenvalue weighted by Crippen LogP contribution is 2.15. The molecule has 32 heavy (non-hydrogen) atoms. The van der Waals surface area contributed by atoms with Crippen LogP contribution < -0.4 is 27.3 Å². The fourth-order valence-electron chi connectivity index (χ4n) is 4.12. The second kappa shape index (κ2) is 13.6. The fourth-order valence-corrected chi connectivity index (χ4v) is 4.12. The highest BCUT2D eigenvalue weighted by atomic mass is 15.9. The van der Waals surface area contributed by atoms with Gasteiger partial charge in [0.1, 0.15) is 18.2 Å². The quantitative estimate of drug-likeness (QED) is 0.233. The molecule has 1 heterocycles. The van der Waals surface area contributed by atoms with E-state index in [1.165, 1.54) is 0 Å². The molecule has 6 N–H and O–H groups in total. The van der Waals surface area contributed by atoms with Gasteiger partial charge in [0.15, 0.2) is 0 Å². The molecule has 0 radical (unpaired) electrons. The van der Waals surface area contributed by atoms with Crippen molar-refractivity contribution in [1.82, 2.24) is 31.3 Å². The molecule has 0 saturated carbocycles. The Kier molecular flexibility index (Phi) is 11.2. The monoisotopic (exact) mass is 447 g/mol. The number of nitrogen functional groups attached to an aromatic ring is 1. The Morgan fingerprint density at radius 1 is 1.00 bits per heavy atom. The van der Waals surface area contributed by atoms with Crippen LogP contribution in [0, 0.1) is 0 Å². The molecule has 9 heteroatoms. The van der Waals surface area contributed by atoms with E-state index in [-0.39, 0.29) is 18.5 Å². The van der Waals surface area contributed by atoms with E-state index >= 15 is 0 Å². The number of hydrogen-bond acceptors (Lipinski definition) is 8. The molecule has 0 aliphatic carbocycles. The Bertz CT molecular complexity index is 671. The van der Waals surface area contributed by atoms with Crippen LogP contribution in [0.4, 0.5) is 11.4 Å². The van der Waals surface area contributed by atoms with Gasteiger partial charge in [0.2, 0.25) is 0 Å². The van der Waals surface area contributed by atoms with Gasteiger partial charge < -0.3 is 11.1 Å². The van der Waals surface area contributed by atoms with Gasteiger partial charge in [-0.3, -0.25) is 20.2 Å². The van der Waals surface area contributed by atoms with E-state index in [1.54, 1.807) is 0 Å². The first-order valence-electron chi connectivity index (χ1n) is 12.2. The van der Waals surface area contributed by atoms with E-state index in [2.05, 4.69) is 72.9 Å². The van der Waals surface area contributed by atoms with Gasteiger partial charge in [-0.25, -0.2) is 10.9 Å². The van der Waals surface area contributed by atoms with Gasteiger partial charge in [-0.05, 0) is 63.3 Å². The second-order valence-corrected chi connectivity index (χ2v) is 8.06. The van der Waals surface area contributed by atoms with Crippen LogP contribution in [-0.4, -0.2) is 65.5 Å². The summed E-state index contributed by atoms with van der Waals surface area (Å²) in [5.74, 6) is 0.956. The molecule has 1 aliphatic heterocycles. The lowest BCUT2D eigenvalue weighted by Gasteiger charge is -2.41. The van der Waals surface area contributed by atoms with Gasteiger partial charge in [-0.15, -0.1) is 0 Å². The summed E-state index contributed by atoms with van der Waals surface area (Å²) in [5, 5.41) is 5.44. The Morgan fingerprint density at radius 2 is 1.62 bits per heavy atom. The van der Waals surface area contributed by atoms with Crippen molar-refractivity contribution in [2.75, 3.05) is 37.2 Å². The normalized spacial score (nSPS) is 20.5. The minimum Gasteiger partial charge on any atom is -0.399 e. The third-order valence-electron chi connectivity index (χ3n) is 6.00. The standard InChI is InChI=1S/C23H45N9/c1-7-22(30(9-3)10-4)26-21-17-20(25-19-15-13-18(24)14-16-19)27-32(28-21)29-23(8-2)31(11-5)12-6/h13-16,20,22-23,25,27,29H,7-12,17,24H2,1-6H3,(H,26,28). The maximum absolute atomic E-state index is 5.85. The molecule has 1 aromatic rings. The van der Waals surface area contributed by atoms with Crippen LogP contribution in [0.15, 0.2) is 29.3 Å². The van der Waals surface area contributed by atoms with Crippen LogP contribution in [0.2, 0.25) is 0 Å². The molecular weight excluding hydrogens is 402 g/mol. The summed E-state index contributed by atoms with van der Waals surface area (Å²) in [6.45, 7) is 17.1. The number of hydrazine groups is 3. The predicted octanol–water partition coefficient (Wildman–Crippen LogP) is 2.78. The number of amidine groups is 1. The largest absolute Gasteiger partial charge is 0.399 e. The first-order chi connectivity index (χ1) is 15.5. The number of nitrogens with zero attached hydrogens (tertiary/aromatic N) is 4. The molecular formula is C23H45N9. The lowest BCUT2D eigenvalue weighted by Crippen LogP contribution is -2.70. The highest BCUT2D eigenvalue weighted by molar-refractivity contribution is 5.83. The van der Waals surface area contributed by atoms with Crippen LogP contribution in [0.25, 0.3) is 0 Å². The molecule has 1 saturated heterocycles. The molecule has 182 valence electrons. The molecule has 0 aromatic heterocycles. The van der Waals surface area contributed by atoms with Gasteiger partial charge >= 0.3 is 0 Å². The molecule has 3 unspecified atom stereocenters. The molecule has 0 bridgehead atoms. The van der Waals surface area contributed by atoms with Crippen molar-refractivity contribution >= 4 is 17.2 Å². The van der Waals surface area contributed by atoms with E-state index in [0.717, 1.165) is 62.7 Å². The average molecular weight is 448 g/mol. The second-order valence-electron chi connectivity index (χ2n) is 8.06. The lowest BCUT2D eigenvalue weighted by atomic mass is 10.2. The molecule has 3 atom stereocenters. The molecule has 2 rings (SSSR count). The van der Waals surface area contributed by atoms with Crippen molar-refractivity contribution in [2.24, 2.45) is 4.99 Å². The molecule has 9 nitrogen and oxygen atoms in total. The van der Waals surface area contributed by atoms with Crippen LogP contribution in [0.5, 0.6) is 0 Å². The third-order valence-corrected chi connectivity index (χ3v) is 6.00. The number of hydrogen-bond donors (Lipinski definition) is 5. The van der Waals surface area contributed by atoms with Gasteiger partial charge in [-0.2, -0.15) is 0 Å². The highest BCUT2D eigenvalue weighted by Gasteiger charge is 2.27. The number of nitrogens with two attached hydrogens (primary N) is 1. The average Bonchev–Trinajstić information content (AvgIpc) is 2.80. The third kappa shape index (κ3) is 7.60. The summed E-state index contributed by atoms with van der Waals surface area (Å²) in [7, 11) is 0. The number of aliphatic imine (C=N–C) groups is 1. The predicted molar refractivity (Wildman–Crippen MR) is 136 cm³/mol. The van der Waals surface area contributed by atoms with E-state index in [9.17, 15) is 0 Å². The summed E-state index contributed by atoms with van der Waals surface area (Å²) >= 11 is 0. The van der Waals surface area contributed by atoms with E-state index in [0.29, 0.717) is 0 Å². The van der Waals surface area contributed by atoms with Crippen molar-refractivity contribution in [2.45, 2.75) is 79.3 Å². The number of nitrogens with one attached hydrogen (secondary N) is 4. The first kappa shape index (κ1) is 26.3. The van der Waals surface area contributed by atoms with Crippen LogP contribution in [-0.2, 0) is 0 Å². The zero-order valence-corrected chi connectivity index (χ0v) is 20.9. The van der Waals surface area contributed by atoms with E-state index < -0.39 is 0 Å². The Morgan fingerprint density at radius 3 is 2.16 bits per heavy atom. The Hall–Kier alpha value is -1.91. The fraction of sp³-hybridized carbons (Fsp3) is 0.696. The summed E-state index contributed by atoms with van der Waals surface area (Å²) in [6.07, 6.45) is 3.06. The number of rotatable bonds is 13. The van der Waals surface area contributed by atoms with Crippen LogP contribution >= 0.6 is 0 Å². The molecule has 1 aliphatic rings. The van der Waals surface area contributed by atoms with Crippen molar-refractivity contribution in [3.63, 3.8) is 0 Å². The first-order valence-corrected chi connectivity index (χ1v) is 12.2. The summed E-state index contributed by atoms with van der Waals surface area (Å²) < 4.78 is 0. The van der Waals surface area contributed by atoms with E-state index in [1.807, 2.05) is 29.5 Å².